The van der Waals surface area contributed by atoms with Crippen LogP contribution in [-0.2, 0) is 6.42 Å². The Morgan fingerprint density at radius 2 is 1.94 bits per heavy atom. The molecule has 0 fully saturated rings. The van der Waals surface area contributed by atoms with Gasteiger partial charge in [0.25, 0.3) is 0 Å². The lowest BCUT2D eigenvalue weighted by molar-refractivity contribution is 0.784. The molecular weight excluding hydrogens is 222 g/mol. The highest BCUT2D eigenvalue weighted by Gasteiger charge is 2.13. The van der Waals surface area contributed by atoms with Crippen molar-refractivity contribution in [3.05, 3.63) is 29.5 Å². The molecule has 0 aliphatic carbocycles. The summed E-state index contributed by atoms with van der Waals surface area (Å²) in [6.07, 6.45) is 7.19. The second-order valence-electron chi connectivity index (χ2n) is 5.69. The van der Waals surface area contributed by atoms with Crippen molar-refractivity contribution >= 4 is 5.71 Å². The predicted octanol–water partition coefficient (Wildman–Crippen LogP) is 3.85. The molecule has 0 unspecified atom stereocenters. The van der Waals surface area contributed by atoms with E-state index in [-0.39, 0.29) is 0 Å². The smallest absolute Gasteiger partial charge is 0.108 e. The number of aromatic amines is 1. The van der Waals surface area contributed by atoms with Crippen molar-refractivity contribution in [2.24, 2.45) is 10.9 Å². The van der Waals surface area contributed by atoms with E-state index >= 15 is 0 Å². The highest BCUT2D eigenvalue weighted by atomic mass is 14.9. The molecule has 1 aliphatic rings. The quantitative estimate of drug-likeness (QED) is 0.841. The van der Waals surface area contributed by atoms with Crippen LogP contribution in [0.25, 0.3) is 0 Å². The summed E-state index contributed by atoms with van der Waals surface area (Å²) >= 11 is 0. The van der Waals surface area contributed by atoms with Gasteiger partial charge in [0.15, 0.2) is 0 Å². The van der Waals surface area contributed by atoms with Crippen LogP contribution >= 0.6 is 0 Å². The standard InChI is InChI=1S/C15H23N3/c1-10(2)14-7-12(8-16-14)5-6-13-9-17-15(18-13)11(3)4/h8-11H,5-7H2,1-4H3,(H,17,18). The Balaban J connectivity index is 1.83. The molecule has 0 radical (unpaired) electrons. The van der Waals surface area contributed by atoms with Crippen LogP contribution in [0.15, 0.2) is 23.0 Å². The lowest BCUT2D eigenvalue weighted by atomic mass is 10.00. The first-order chi connectivity index (χ1) is 8.56. The molecule has 0 atom stereocenters. The molecule has 3 nitrogen and oxygen atoms in total. The molecule has 1 aromatic heterocycles. The van der Waals surface area contributed by atoms with Crippen molar-refractivity contribution in [1.29, 1.82) is 0 Å². The van der Waals surface area contributed by atoms with Crippen LogP contribution in [0.1, 0.15) is 58.0 Å². The number of hydrogen-bond acceptors (Lipinski definition) is 2. The summed E-state index contributed by atoms with van der Waals surface area (Å²) in [7, 11) is 0. The van der Waals surface area contributed by atoms with Crippen molar-refractivity contribution in [3.8, 4) is 0 Å². The molecule has 2 heterocycles. The van der Waals surface area contributed by atoms with Crippen molar-refractivity contribution in [1.82, 2.24) is 9.97 Å². The largest absolute Gasteiger partial charge is 0.346 e. The average molecular weight is 245 g/mol. The maximum absolute atomic E-state index is 4.49. The number of aromatic nitrogens is 2. The highest BCUT2D eigenvalue weighted by molar-refractivity contribution is 5.90. The van der Waals surface area contributed by atoms with Gasteiger partial charge >= 0.3 is 0 Å². The molecular formula is C15H23N3. The van der Waals surface area contributed by atoms with Crippen LogP contribution < -0.4 is 0 Å². The molecule has 18 heavy (non-hydrogen) atoms. The van der Waals surface area contributed by atoms with E-state index in [2.05, 4.69) is 48.9 Å². The third-order valence-electron chi connectivity index (χ3n) is 3.40. The summed E-state index contributed by atoms with van der Waals surface area (Å²) in [5, 5.41) is 0. The first-order valence-electron chi connectivity index (χ1n) is 6.84. The molecule has 0 aromatic carbocycles. The van der Waals surface area contributed by atoms with Crippen LogP contribution in [-0.4, -0.2) is 15.7 Å². The summed E-state index contributed by atoms with van der Waals surface area (Å²) in [5.74, 6) is 2.13. The van der Waals surface area contributed by atoms with Crippen LogP contribution in [0.5, 0.6) is 0 Å². The SMILES string of the molecule is CC(C)C1=NC=C(CCc2cnc(C(C)C)[nH]2)C1. The molecule has 2 rings (SSSR count). The van der Waals surface area contributed by atoms with Crippen LogP contribution in [0.2, 0.25) is 0 Å². The zero-order chi connectivity index (χ0) is 13.1. The molecule has 0 amide bonds. The molecule has 1 aromatic rings. The summed E-state index contributed by atoms with van der Waals surface area (Å²) in [6.45, 7) is 8.73. The summed E-state index contributed by atoms with van der Waals surface area (Å²) < 4.78 is 0. The highest BCUT2D eigenvalue weighted by Crippen LogP contribution is 2.21. The van der Waals surface area contributed by atoms with Crippen molar-refractivity contribution in [2.75, 3.05) is 0 Å². The fourth-order valence-electron chi connectivity index (χ4n) is 2.10. The van der Waals surface area contributed by atoms with E-state index in [1.165, 1.54) is 17.0 Å². The number of hydrogen-bond donors (Lipinski definition) is 1. The number of nitrogens with one attached hydrogen (secondary N) is 1. The molecule has 3 heteroatoms. The van der Waals surface area contributed by atoms with Crippen LogP contribution in [0.3, 0.4) is 0 Å². The Morgan fingerprint density at radius 3 is 2.50 bits per heavy atom. The van der Waals surface area contributed by atoms with E-state index in [1.807, 2.05) is 6.20 Å². The van der Waals surface area contributed by atoms with Crippen molar-refractivity contribution < 1.29 is 0 Å². The summed E-state index contributed by atoms with van der Waals surface area (Å²) in [6, 6.07) is 0. The van der Waals surface area contributed by atoms with Gasteiger partial charge in [0, 0.05) is 36.1 Å². The van der Waals surface area contributed by atoms with E-state index in [0.717, 1.165) is 25.1 Å². The maximum Gasteiger partial charge on any atom is 0.108 e. The van der Waals surface area contributed by atoms with Gasteiger partial charge < -0.3 is 4.98 Å². The molecule has 1 aliphatic heterocycles. The number of rotatable bonds is 5. The van der Waals surface area contributed by atoms with E-state index in [1.54, 1.807) is 0 Å². The van der Waals surface area contributed by atoms with Gasteiger partial charge in [-0.1, -0.05) is 27.7 Å². The Morgan fingerprint density at radius 1 is 1.17 bits per heavy atom. The first kappa shape index (κ1) is 13.1. The number of imidazole rings is 1. The van der Waals surface area contributed by atoms with Gasteiger partial charge in [-0.25, -0.2) is 4.98 Å². The zero-order valence-electron chi connectivity index (χ0n) is 11.8. The number of nitrogens with zero attached hydrogens (tertiary/aromatic N) is 2. The van der Waals surface area contributed by atoms with Gasteiger partial charge in [-0.15, -0.1) is 0 Å². The molecule has 0 saturated heterocycles. The number of H-pyrrole nitrogens is 1. The van der Waals surface area contributed by atoms with E-state index in [4.69, 9.17) is 0 Å². The zero-order valence-corrected chi connectivity index (χ0v) is 11.8. The van der Waals surface area contributed by atoms with Gasteiger partial charge in [-0.2, -0.15) is 0 Å². The van der Waals surface area contributed by atoms with E-state index in [9.17, 15) is 0 Å². The lowest BCUT2D eigenvalue weighted by Gasteiger charge is -2.05. The van der Waals surface area contributed by atoms with Crippen molar-refractivity contribution in [3.63, 3.8) is 0 Å². The van der Waals surface area contributed by atoms with Gasteiger partial charge in [0.05, 0.1) is 0 Å². The van der Waals surface area contributed by atoms with Gasteiger partial charge in [0.1, 0.15) is 5.82 Å². The molecule has 98 valence electrons. The Labute approximate surface area is 109 Å². The normalized spacial score (nSPS) is 15.4. The second-order valence-corrected chi connectivity index (χ2v) is 5.69. The number of aryl methyl sites for hydroxylation is 1. The lowest BCUT2D eigenvalue weighted by Crippen LogP contribution is -2.04. The minimum absolute atomic E-state index is 0.473. The van der Waals surface area contributed by atoms with E-state index in [0.29, 0.717) is 11.8 Å². The second kappa shape index (κ2) is 5.51. The monoisotopic (exact) mass is 245 g/mol. The van der Waals surface area contributed by atoms with Gasteiger partial charge in [-0.3, -0.25) is 4.99 Å². The summed E-state index contributed by atoms with van der Waals surface area (Å²) in [5.41, 5.74) is 3.99. The Hall–Kier alpha value is -1.38. The van der Waals surface area contributed by atoms with Gasteiger partial charge in [0.2, 0.25) is 0 Å². The molecule has 1 N–H and O–H groups in total. The summed E-state index contributed by atoms with van der Waals surface area (Å²) in [4.78, 5) is 12.3. The topological polar surface area (TPSA) is 41.0 Å². The first-order valence-corrected chi connectivity index (χ1v) is 6.84. The Bertz CT molecular complexity index is 464. The molecule has 0 saturated carbocycles. The average Bonchev–Trinajstić information content (AvgIpc) is 2.95. The molecule has 0 spiro atoms. The predicted molar refractivity (Wildman–Crippen MR) is 76.0 cm³/mol. The van der Waals surface area contributed by atoms with E-state index < -0.39 is 0 Å². The van der Waals surface area contributed by atoms with Crippen molar-refractivity contribution in [2.45, 2.75) is 52.9 Å². The minimum Gasteiger partial charge on any atom is -0.346 e. The van der Waals surface area contributed by atoms with Crippen LogP contribution in [0, 0.1) is 5.92 Å². The fraction of sp³-hybridized carbons (Fsp3) is 0.600. The third kappa shape index (κ3) is 3.09. The Kier molecular flexibility index (Phi) is 4.00. The minimum atomic E-state index is 0.473. The third-order valence-corrected chi connectivity index (χ3v) is 3.40. The number of allylic oxidation sites excluding steroid dienone is 1. The van der Waals surface area contributed by atoms with Gasteiger partial charge in [-0.05, 0) is 24.3 Å². The fourth-order valence-corrected chi connectivity index (χ4v) is 2.10. The molecule has 0 bridgehead atoms. The van der Waals surface area contributed by atoms with Crippen LogP contribution in [0.4, 0.5) is 0 Å². The number of aliphatic imine (C=N–C) groups is 1. The maximum atomic E-state index is 4.49.